The number of halogens is 1. The second-order valence-electron chi connectivity index (χ2n) is 4.59. The number of aromatic amines is 1. The molecular weight excluding hydrogens is 306 g/mol. The van der Waals surface area contributed by atoms with Crippen LogP contribution in [0.5, 0.6) is 5.75 Å². The molecule has 0 unspecified atom stereocenters. The van der Waals surface area contributed by atoms with Gasteiger partial charge in [-0.15, -0.1) is 0 Å². The molecule has 0 radical (unpaired) electrons. The number of rotatable bonds is 3. The van der Waals surface area contributed by atoms with Gasteiger partial charge in [0.1, 0.15) is 11.4 Å². The van der Waals surface area contributed by atoms with E-state index in [1.54, 1.807) is 7.11 Å². The second kappa shape index (κ2) is 5.35. The zero-order valence-electron chi connectivity index (χ0n) is 11.6. The summed E-state index contributed by atoms with van der Waals surface area (Å²) in [6, 6.07) is 2.04. The zero-order valence-corrected chi connectivity index (χ0v) is 13.2. The SMILES string of the molecule is COc1cc(C)c(-c2n[nH]c(CN)c2Br)c(C)c1C. The topological polar surface area (TPSA) is 63.9 Å². The molecule has 19 heavy (non-hydrogen) atoms. The molecule has 0 saturated carbocycles. The highest BCUT2D eigenvalue weighted by Gasteiger charge is 2.18. The first-order valence-electron chi connectivity index (χ1n) is 6.09. The molecule has 5 heteroatoms. The van der Waals surface area contributed by atoms with Crippen molar-refractivity contribution in [3.05, 3.63) is 32.9 Å². The summed E-state index contributed by atoms with van der Waals surface area (Å²) in [6.07, 6.45) is 0. The number of hydrogen-bond donors (Lipinski definition) is 2. The van der Waals surface area contributed by atoms with Crippen LogP contribution in [-0.4, -0.2) is 17.3 Å². The van der Waals surface area contributed by atoms with Gasteiger partial charge in [0.05, 0.1) is 17.3 Å². The number of benzene rings is 1. The zero-order chi connectivity index (χ0) is 14.2. The van der Waals surface area contributed by atoms with E-state index in [0.717, 1.165) is 38.3 Å². The Hall–Kier alpha value is -1.33. The number of aromatic nitrogens is 2. The van der Waals surface area contributed by atoms with Crippen molar-refractivity contribution in [2.24, 2.45) is 5.73 Å². The van der Waals surface area contributed by atoms with Crippen molar-refractivity contribution < 1.29 is 4.74 Å². The number of ether oxygens (including phenoxy) is 1. The van der Waals surface area contributed by atoms with Crippen LogP contribution in [0.15, 0.2) is 10.5 Å². The molecule has 0 saturated heterocycles. The van der Waals surface area contributed by atoms with E-state index in [9.17, 15) is 0 Å². The molecule has 0 aliphatic rings. The van der Waals surface area contributed by atoms with Crippen LogP contribution in [-0.2, 0) is 6.54 Å². The average molecular weight is 324 g/mol. The highest BCUT2D eigenvalue weighted by molar-refractivity contribution is 9.10. The first-order chi connectivity index (χ1) is 9.01. The highest BCUT2D eigenvalue weighted by Crippen LogP contribution is 2.37. The number of aryl methyl sites for hydroxylation is 1. The van der Waals surface area contributed by atoms with Crippen LogP contribution in [0.2, 0.25) is 0 Å². The van der Waals surface area contributed by atoms with E-state index in [4.69, 9.17) is 10.5 Å². The normalized spacial score (nSPS) is 10.8. The minimum atomic E-state index is 0.431. The quantitative estimate of drug-likeness (QED) is 0.911. The molecule has 3 N–H and O–H groups in total. The van der Waals surface area contributed by atoms with Gasteiger partial charge >= 0.3 is 0 Å². The summed E-state index contributed by atoms with van der Waals surface area (Å²) in [5, 5.41) is 7.35. The van der Waals surface area contributed by atoms with Crippen LogP contribution >= 0.6 is 15.9 Å². The van der Waals surface area contributed by atoms with Crippen LogP contribution in [0, 0.1) is 20.8 Å². The predicted octanol–water partition coefficient (Wildman–Crippen LogP) is 3.23. The van der Waals surface area contributed by atoms with Gasteiger partial charge in [-0.05, 0) is 59.5 Å². The lowest BCUT2D eigenvalue weighted by Gasteiger charge is -2.15. The maximum absolute atomic E-state index is 5.67. The summed E-state index contributed by atoms with van der Waals surface area (Å²) in [4.78, 5) is 0. The van der Waals surface area contributed by atoms with Gasteiger partial charge in [-0.3, -0.25) is 5.10 Å². The van der Waals surface area contributed by atoms with Crippen LogP contribution in [0.3, 0.4) is 0 Å². The largest absolute Gasteiger partial charge is 0.496 e. The lowest BCUT2D eigenvalue weighted by molar-refractivity contribution is 0.411. The van der Waals surface area contributed by atoms with Crippen molar-refractivity contribution in [3.63, 3.8) is 0 Å². The number of nitrogens with zero attached hydrogens (tertiary/aromatic N) is 1. The number of hydrogen-bond acceptors (Lipinski definition) is 3. The van der Waals surface area contributed by atoms with Crippen molar-refractivity contribution in [1.29, 1.82) is 0 Å². The van der Waals surface area contributed by atoms with Crippen molar-refractivity contribution in [2.45, 2.75) is 27.3 Å². The standard InChI is InChI=1S/C14H18BrN3O/c1-7-5-11(19-4)8(2)9(3)12(7)14-13(15)10(6-16)17-18-14/h5H,6,16H2,1-4H3,(H,17,18). The maximum atomic E-state index is 5.67. The highest BCUT2D eigenvalue weighted by atomic mass is 79.9. The fourth-order valence-corrected chi connectivity index (χ4v) is 2.82. The third kappa shape index (κ3) is 2.28. The molecule has 0 amide bonds. The number of H-pyrrole nitrogens is 1. The Bertz CT molecular complexity index is 620. The van der Waals surface area contributed by atoms with Crippen LogP contribution in [0.1, 0.15) is 22.4 Å². The molecule has 4 nitrogen and oxygen atoms in total. The monoisotopic (exact) mass is 323 g/mol. The lowest BCUT2D eigenvalue weighted by Crippen LogP contribution is -1.98. The first-order valence-corrected chi connectivity index (χ1v) is 6.88. The van der Waals surface area contributed by atoms with Gasteiger partial charge in [-0.25, -0.2) is 0 Å². The molecule has 2 aromatic rings. The minimum Gasteiger partial charge on any atom is -0.496 e. The van der Waals surface area contributed by atoms with Gasteiger partial charge in [-0.2, -0.15) is 5.10 Å². The molecule has 1 aromatic heterocycles. The van der Waals surface area contributed by atoms with E-state index in [2.05, 4.69) is 46.9 Å². The summed E-state index contributed by atoms with van der Waals surface area (Å²) >= 11 is 3.57. The molecule has 0 aliphatic heterocycles. The van der Waals surface area contributed by atoms with Crippen LogP contribution in [0.4, 0.5) is 0 Å². The fourth-order valence-electron chi connectivity index (χ4n) is 2.29. The van der Waals surface area contributed by atoms with Crippen molar-refractivity contribution in [3.8, 4) is 17.0 Å². The number of methoxy groups -OCH3 is 1. The Morgan fingerprint density at radius 1 is 1.32 bits per heavy atom. The van der Waals surface area contributed by atoms with E-state index in [1.165, 1.54) is 5.56 Å². The van der Waals surface area contributed by atoms with E-state index < -0.39 is 0 Å². The Balaban J connectivity index is 2.69. The molecule has 0 spiro atoms. The van der Waals surface area contributed by atoms with Crippen molar-refractivity contribution in [2.75, 3.05) is 7.11 Å². The van der Waals surface area contributed by atoms with E-state index in [-0.39, 0.29) is 0 Å². The molecule has 0 fully saturated rings. The molecule has 0 bridgehead atoms. The van der Waals surface area contributed by atoms with Gasteiger partial charge in [0, 0.05) is 12.1 Å². The Kier molecular flexibility index (Phi) is 3.96. The molecule has 0 aliphatic carbocycles. The lowest BCUT2D eigenvalue weighted by atomic mass is 9.95. The third-order valence-electron chi connectivity index (χ3n) is 3.49. The van der Waals surface area contributed by atoms with Crippen LogP contribution in [0.25, 0.3) is 11.3 Å². The van der Waals surface area contributed by atoms with Crippen LogP contribution < -0.4 is 10.5 Å². The van der Waals surface area contributed by atoms with E-state index >= 15 is 0 Å². The summed E-state index contributed by atoms with van der Waals surface area (Å²) < 4.78 is 6.33. The van der Waals surface area contributed by atoms with Crippen molar-refractivity contribution in [1.82, 2.24) is 10.2 Å². The second-order valence-corrected chi connectivity index (χ2v) is 5.38. The summed E-state index contributed by atoms with van der Waals surface area (Å²) in [5.41, 5.74) is 12.0. The molecule has 2 rings (SSSR count). The average Bonchev–Trinajstić information content (AvgIpc) is 2.75. The smallest absolute Gasteiger partial charge is 0.122 e. The van der Waals surface area contributed by atoms with Gasteiger partial charge in [0.2, 0.25) is 0 Å². The minimum absolute atomic E-state index is 0.431. The maximum Gasteiger partial charge on any atom is 0.122 e. The molecule has 0 atom stereocenters. The number of nitrogens with one attached hydrogen (secondary N) is 1. The number of nitrogens with two attached hydrogens (primary N) is 1. The van der Waals surface area contributed by atoms with Gasteiger partial charge in [-0.1, -0.05) is 0 Å². The van der Waals surface area contributed by atoms with E-state index in [1.807, 2.05) is 6.07 Å². The summed E-state index contributed by atoms with van der Waals surface area (Å²) in [5.74, 6) is 0.907. The fraction of sp³-hybridized carbons (Fsp3) is 0.357. The molecular formula is C14H18BrN3O. The van der Waals surface area contributed by atoms with Crippen molar-refractivity contribution >= 4 is 15.9 Å². The molecule has 1 aromatic carbocycles. The predicted molar refractivity (Wildman–Crippen MR) is 80.4 cm³/mol. The third-order valence-corrected chi connectivity index (χ3v) is 4.34. The Morgan fingerprint density at radius 2 is 2.00 bits per heavy atom. The molecule has 102 valence electrons. The summed E-state index contributed by atoms with van der Waals surface area (Å²) in [7, 11) is 1.69. The molecule has 1 heterocycles. The van der Waals surface area contributed by atoms with Gasteiger partial charge in [0.25, 0.3) is 0 Å². The first kappa shape index (κ1) is 14.1. The summed E-state index contributed by atoms with van der Waals surface area (Å²) in [6.45, 7) is 6.64. The van der Waals surface area contributed by atoms with Gasteiger partial charge in [0.15, 0.2) is 0 Å². The van der Waals surface area contributed by atoms with Gasteiger partial charge < -0.3 is 10.5 Å². The Labute approximate surface area is 121 Å². The van der Waals surface area contributed by atoms with E-state index in [0.29, 0.717) is 6.54 Å². The Morgan fingerprint density at radius 3 is 2.53 bits per heavy atom.